The smallest absolute Gasteiger partial charge is 0.305 e. The highest BCUT2D eigenvalue weighted by atomic mass is 28.4. The number of fused-ring (bicyclic) bond motifs is 5. The molecule has 4 saturated carbocycles. The Morgan fingerprint density at radius 3 is 2.44 bits per heavy atom. The summed E-state index contributed by atoms with van der Waals surface area (Å²) in [6.45, 7) is 17.1. The molecule has 8 atom stereocenters. The van der Waals surface area contributed by atoms with Crippen LogP contribution in [0.25, 0.3) is 0 Å². The molecule has 4 nitrogen and oxygen atoms in total. The Hall–Kier alpha value is -0.943. The zero-order valence-electron chi connectivity index (χ0n) is 26.4. The Balaban J connectivity index is 1.51. The molecule has 0 saturated heterocycles. The number of rotatable bonds is 9. The predicted octanol–water partition coefficient (Wildman–Crippen LogP) is 8.89. The van der Waals surface area contributed by atoms with Crippen LogP contribution in [0.15, 0.2) is 12.2 Å². The summed E-state index contributed by atoms with van der Waals surface area (Å²) in [6.07, 6.45) is 18.9. The average molecular weight is 559 g/mol. The van der Waals surface area contributed by atoms with Crippen molar-refractivity contribution >= 4 is 20.1 Å². The molecule has 0 bridgehead atoms. The van der Waals surface area contributed by atoms with Gasteiger partial charge in [0.15, 0.2) is 8.32 Å². The molecule has 0 aliphatic heterocycles. The van der Waals surface area contributed by atoms with Gasteiger partial charge in [-0.2, -0.15) is 0 Å². The first-order valence-electron chi connectivity index (χ1n) is 16.1. The van der Waals surface area contributed by atoms with Crippen molar-refractivity contribution in [2.45, 2.75) is 142 Å². The summed E-state index contributed by atoms with van der Waals surface area (Å²) in [7, 11) is -0.364. The minimum atomic E-state index is -1.83. The van der Waals surface area contributed by atoms with Crippen LogP contribution in [0.5, 0.6) is 0 Å². The highest BCUT2D eigenvalue weighted by molar-refractivity contribution is 6.74. The molecule has 4 fully saturated rings. The van der Waals surface area contributed by atoms with E-state index < -0.39 is 8.32 Å². The van der Waals surface area contributed by atoms with Gasteiger partial charge in [-0.15, -0.1) is 0 Å². The summed E-state index contributed by atoms with van der Waals surface area (Å²) in [5.41, 5.74) is 0.604. The van der Waals surface area contributed by atoms with Crippen molar-refractivity contribution in [3.63, 3.8) is 0 Å². The van der Waals surface area contributed by atoms with E-state index >= 15 is 0 Å². The maximum Gasteiger partial charge on any atom is 0.305 e. The molecule has 0 aromatic carbocycles. The second kappa shape index (κ2) is 11.7. The van der Waals surface area contributed by atoms with Crippen LogP contribution in [0.4, 0.5) is 0 Å². The number of Topliss-reactive ketones (excluding diaryl/α,β-unsaturated/α-hetero) is 1. The summed E-state index contributed by atoms with van der Waals surface area (Å²) in [6, 6.07) is 0. The molecular formula is C34H58O4Si. The van der Waals surface area contributed by atoms with Gasteiger partial charge >= 0.3 is 5.97 Å². The number of unbranched alkanes of at least 4 members (excludes halogenated alkanes) is 2. The predicted molar refractivity (Wildman–Crippen MR) is 162 cm³/mol. The fourth-order valence-corrected chi connectivity index (χ4v) is 10.6. The maximum atomic E-state index is 12.6. The van der Waals surface area contributed by atoms with E-state index in [1.807, 2.05) is 0 Å². The van der Waals surface area contributed by atoms with Crippen LogP contribution in [0, 0.1) is 40.4 Å². The molecule has 0 amide bonds. The molecule has 0 heterocycles. The van der Waals surface area contributed by atoms with Crippen molar-refractivity contribution in [2.24, 2.45) is 40.4 Å². The van der Waals surface area contributed by atoms with Gasteiger partial charge in [-0.1, -0.05) is 46.8 Å². The van der Waals surface area contributed by atoms with Crippen molar-refractivity contribution in [1.29, 1.82) is 0 Å². The van der Waals surface area contributed by atoms with Crippen molar-refractivity contribution in [3.8, 4) is 0 Å². The van der Waals surface area contributed by atoms with E-state index in [1.165, 1.54) is 39.2 Å². The van der Waals surface area contributed by atoms with Crippen molar-refractivity contribution < 1.29 is 18.8 Å². The van der Waals surface area contributed by atoms with E-state index in [-0.39, 0.29) is 16.4 Å². The number of methoxy groups -OCH3 is 1. The first-order valence-corrected chi connectivity index (χ1v) is 19.0. The lowest BCUT2D eigenvalue weighted by Gasteiger charge is -2.62. The van der Waals surface area contributed by atoms with Gasteiger partial charge in [0.25, 0.3) is 0 Å². The van der Waals surface area contributed by atoms with Gasteiger partial charge in [-0.3, -0.25) is 9.59 Å². The van der Waals surface area contributed by atoms with Crippen LogP contribution < -0.4 is 0 Å². The van der Waals surface area contributed by atoms with Gasteiger partial charge < -0.3 is 9.16 Å². The zero-order valence-corrected chi connectivity index (χ0v) is 27.4. The third-order valence-electron chi connectivity index (χ3n) is 12.7. The molecule has 5 heteroatoms. The number of hydrogen-bond donors (Lipinski definition) is 0. The molecule has 0 aromatic rings. The number of esters is 1. The third-order valence-corrected chi connectivity index (χ3v) is 17.1. The summed E-state index contributed by atoms with van der Waals surface area (Å²) in [4.78, 5) is 24.0. The Morgan fingerprint density at radius 2 is 1.74 bits per heavy atom. The van der Waals surface area contributed by atoms with Crippen LogP contribution in [0.2, 0.25) is 18.1 Å². The summed E-state index contributed by atoms with van der Waals surface area (Å²) >= 11 is 0. The number of carbonyl (C=O) groups excluding carboxylic acids is 2. The molecule has 0 unspecified atom stereocenters. The lowest BCUT2D eigenvalue weighted by atomic mass is 9.42. The van der Waals surface area contributed by atoms with Crippen LogP contribution in [0.1, 0.15) is 118 Å². The molecular weight excluding hydrogens is 500 g/mol. The molecule has 4 aliphatic rings. The van der Waals surface area contributed by atoms with E-state index in [9.17, 15) is 9.59 Å². The monoisotopic (exact) mass is 558 g/mol. The Labute approximate surface area is 240 Å². The van der Waals surface area contributed by atoms with E-state index in [0.717, 1.165) is 62.7 Å². The molecule has 0 spiro atoms. The number of hydrogen-bond acceptors (Lipinski definition) is 4. The van der Waals surface area contributed by atoms with Crippen LogP contribution in [-0.4, -0.2) is 33.3 Å². The molecule has 0 N–H and O–H groups in total. The standard InChI is InChI=1S/C34H58O4Si/c1-32(2,3)39(7,8)38-29-17-16-27-31-24(14-12-10-9-11-13-15-30(36)37-6)22-25-23-26(35)18-20-33(25,4)28(31)19-21-34(27,29)5/h10,12,24-25,27-29,31H,9,11,13-23H2,1-8H3/t24-,25+,27+,28+,29+,31+,33+,34+/m1/s1. The molecule has 0 radical (unpaired) electrons. The quantitative estimate of drug-likeness (QED) is 0.123. The Kier molecular flexibility index (Phi) is 9.33. The molecule has 0 aromatic heterocycles. The Morgan fingerprint density at radius 1 is 1.03 bits per heavy atom. The van der Waals surface area contributed by atoms with Gasteiger partial charge in [0.05, 0.1) is 13.2 Å². The van der Waals surface area contributed by atoms with E-state index in [4.69, 9.17) is 9.16 Å². The minimum absolute atomic E-state index is 0.106. The highest BCUT2D eigenvalue weighted by Gasteiger charge is 2.63. The maximum absolute atomic E-state index is 12.6. The van der Waals surface area contributed by atoms with Crippen LogP contribution in [0.3, 0.4) is 0 Å². The fraction of sp³-hybridized carbons (Fsp3) is 0.882. The van der Waals surface area contributed by atoms with E-state index in [0.29, 0.717) is 35.6 Å². The van der Waals surface area contributed by atoms with Gasteiger partial charge in [0.1, 0.15) is 5.78 Å². The number of ether oxygens (including phenoxy) is 1. The summed E-state index contributed by atoms with van der Waals surface area (Å²) in [5, 5.41) is 0.239. The molecule has 39 heavy (non-hydrogen) atoms. The molecule has 222 valence electrons. The van der Waals surface area contributed by atoms with Gasteiger partial charge in [-0.05, 0) is 123 Å². The van der Waals surface area contributed by atoms with Gasteiger partial charge in [0.2, 0.25) is 0 Å². The van der Waals surface area contributed by atoms with Crippen LogP contribution >= 0.6 is 0 Å². The normalized spacial score (nSPS) is 38.8. The first-order chi connectivity index (χ1) is 18.2. The van der Waals surface area contributed by atoms with Gasteiger partial charge in [0, 0.05) is 19.3 Å². The minimum Gasteiger partial charge on any atom is -0.469 e. The number of allylic oxidation sites excluding steroid dienone is 2. The van der Waals surface area contributed by atoms with Crippen molar-refractivity contribution in [3.05, 3.63) is 12.2 Å². The average Bonchev–Trinajstić information content (AvgIpc) is 3.18. The fourth-order valence-electron chi connectivity index (χ4n) is 9.16. The lowest BCUT2D eigenvalue weighted by Crippen LogP contribution is -2.58. The first kappa shape index (κ1) is 31.0. The summed E-state index contributed by atoms with van der Waals surface area (Å²) < 4.78 is 12.0. The third kappa shape index (κ3) is 6.15. The molecule has 4 aliphatic carbocycles. The second-order valence-electron chi connectivity index (χ2n) is 15.7. The highest BCUT2D eigenvalue weighted by Crippen LogP contribution is 2.68. The Bertz CT molecular complexity index is 919. The SMILES string of the molecule is COC(=O)CCCCC=CC[C@@H]1C[C@H]2CC(=O)CC[C@]2(C)[C@H]2CC[C@]3(C)[C@@H](O[Si](C)(C)C(C)(C)C)CC[C@H]3[C@H]12. The zero-order chi connectivity index (χ0) is 28.6. The summed E-state index contributed by atoms with van der Waals surface area (Å²) in [5.74, 6) is 3.85. The van der Waals surface area contributed by atoms with Crippen molar-refractivity contribution in [1.82, 2.24) is 0 Å². The number of carbonyl (C=O) groups is 2. The lowest BCUT2D eigenvalue weighted by molar-refractivity contribution is -0.154. The molecule has 4 rings (SSSR count). The van der Waals surface area contributed by atoms with E-state index in [2.05, 4.69) is 59.9 Å². The number of ketones is 1. The van der Waals surface area contributed by atoms with Crippen LogP contribution in [-0.2, 0) is 18.8 Å². The van der Waals surface area contributed by atoms with E-state index in [1.54, 1.807) is 0 Å². The van der Waals surface area contributed by atoms with Gasteiger partial charge in [-0.25, -0.2) is 0 Å². The van der Waals surface area contributed by atoms with Crippen molar-refractivity contribution in [2.75, 3.05) is 7.11 Å². The second-order valence-corrected chi connectivity index (χ2v) is 20.5. The topological polar surface area (TPSA) is 52.6 Å². The largest absolute Gasteiger partial charge is 0.469 e.